The van der Waals surface area contributed by atoms with E-state index in [9.17, 15) is 4.79 Å². The van der Waals surface area contributed by atoms with Crippen molar-refractivity contribution in [1.82, 2.24) is 0 Å². The standard InChI is InChI=1S/C18H15ClO3/c1-21-12-13-22-18(20)16-8-4-14(5-9-16)2-3-15-6-10-17(19)11-7-15/h4-11H,12-13H2,1H3. The first kappa shape index (κ1) is 16.1. The Morgan fingerprint density at radius 3 is 2.05 bits per heavy atom. The van der Waals surface area contributed by atoms with Crippen molar-refractivity contribution in [3.63, 3.8) is 0 Å². The highest BCUT2D eigenvalue weighted by molar-refractivity contribution is 6.30. The van der Waals surface area contributed by atoms with Crippen LogP contribution in [0.15, 0.2) is 48.5 Å². The highest BCUT2D eigenvalue weighted by Gasteiger charge is 2.05. The van der Waals surface area contributed by atoms with Gasteiger partial charge in [0.15, 0.2) is 0 Å². The van der Waals surface area contributed by atoms with Crippen LogP contribution in [-0.4, -0.2) is 26.3 Å². The summed E-state index contributed by atoms with van der Waals surface area (Å²) in [5.74, 6) is 5.70. The van der Waals surface area contributed by atoms with Crippen molar-refractivity contribution in [3.8, 4) is 11.8 Å². The summed E-state index contributed by atoms with van der Waals surface area (Å²) in [4.78, 5) is 11.7. The van der Waals surface area contributed by atoms with Crippen molar-refractivity contribution >= 4 is 17.6 Å². The Morgan fingerprint density at radius 1 is 0.955 bits per heavy atom. The topological polar surface area (TPSA) is 35.5 Å². The molecule has 0 bridgehead atoms. The predicted octanol–water partition coefficient (Wildman–Crippen LogP) is 3.54. The molecule has 2 aromatic rings. The molecule has 2 aromatic carbocycles. The molecule has 0 saturated heterocycles. The van der Waals surface area contributed by atoms with Gasteiger partial charge in [0.2, 0.25) is 0 Å². The quantitative estimate of drug-likeness (QED) is 0.492. The summed E-state index contributed by atoms with van der Waals surface area (Å²) in [6.45, 7) is 0.629. The normalized spacial score (nSPS) is 9.73. The average Bonchev–Trinajstić information content (AvgIpc) is 2.55. The molecule has 0 amide bonds. The highest BCUT2D eigenvalue weighted by Crippen LogP contribution is 2.09. The first-order valence-corrected chi connectivity index (χ1v) is 7.10. The molecule has 0 radical (unpaired) electrons. The molecule has 0 heterocycles. The number of ether oxygens (including phenoxy) is 2. The third kappa shape index (κ3) is 4.92. The van der Waals surface area contributed by atoms with Gasteiger partial charge in [0.05, 0.1) is 12.2 Å². The van der Waals surface area contributed by atoms with Gasteiger partial charge in [-0.15, -0.1) is 0 Å². The molecular weight excluding hydrogens is 300 g/mol. The Balaban J connectivity index is 2.00. The molecular formula is C18H15ClO3. The number of esters is 1. The Labute approximate surface area is 134 Å². The second-order valence-corrected chi connectivity index (χ2v) is 4.90. The number of benzene rings is 2. The molecule has 0 unspecified atom stereocenters. The van der Waals surface area contributed by atoms with Crippen LogP contribution >= 0.6 is 11.6 Å². The SMILES string of the molecule is COCCOC(=O)c1ccc(C#Cc2ccc(Cl)cc2)cc1. The minimum Gasteiger partial charge on any atom is -0.460 e. The molecule has 0 fully saturated rings. The number of carbonyl (C=O) groups excluding carboxylic acids is 1. The average molecular weight is 315 g/mol. The Bertz CT molecular complexity index is 679. The number of hydrogen-bond acceptors (Lipinski definition) is 3. The van der Waals surface area contributed by atoms with Gasteiger partial charge in [0.25, 0.3) is 0 Å². The van der Waals surface area contributed by atoms with Gasteiger partial charge < -0.3 is 9.47 Å². The maximum absolute atomic E-state index is 11.7. The monoisotopic (exact) mass is 314 g/mol. The molecule has 0 aliphatic heterocycles. The van der Waals surface area contributed by atoms with E-state index in [4.69, 9.17) is 21.1 Å². The molecule has 4 heteroatoms. The molecule has 3 nitrogen and oxygen atoms in total. The first-order chi connectivity index (χ1) is 10.7. The van der Waals surface area contributed by atoms with Gasteiger partial charge in [0.1, 0.15) is 6.61 Å². The summed E-state index contributed by atoms with van der Waals surface area (Å²) < 4.78 is 9.86. The smallest absolute Gasteiger partial charge is 0.338 e. The van der Waals surface area contributed by atoms with E-state index in [0.717, 1.165) is 11.1 Å². The van der Waals surface area contributed by atoms with E-state index < -0.39 is 0 Å². The molecule has 112 valence electrons. The van der Waals surface area contributed by atoms with Crippen LogP contribution in [-0.2, 0) is 9.47 Å². The molecule has 2 rings (SSSR count). The van der Waals surface area contributed by atoms with Crippen molar-refractivity contribution in [2.75, 3.05) is 20.3 Å². The predicted molar refractivity (Wildman–Crippen MR) is 86.0 cm³/mol. The van der Waals surface area contributed by atoms with E-state index in [1.54, 1.807) is 43.5 Å². The van der Waals surface area contributed by atoms with E-state index in [0.29, 0.717) is 17.2 Å². The van der Waals surface area contributed by atoms with Gasteiger partial charge in [-0.3, -0.25) is 0 Å². The number of rotatable bonds is 4. The number of methoxy groups -OCH3 is 1. The second kappa shape index (κ2) is 8.23. The van der Waals surface area contributed by atoms with Crippen LogP contribution in [0.3, 0.4) is 0 Å². The molecule has 22 heavy (non-hydrogen) atoms. The van der Waals surface area contributed by atoms with Crippen LogP contribution in [0.4, 0.5) is 0 Å². The summed E-state index contributed by atoms with van der Waals surface area (Å²) in [7, 11) is 1.56. The minimum atomic E-state index is -0.366. The number of carbonyl (C=O) groups is 1. The van der Waals surface area contributed by atoms with Crippen molar-refractivity contribution < 1.29 is 14.3 Å². The van der Waals surface area contributed by atoms with E-state index in [1.165, 1.54) is 0 Å². The van der Waals surface area contributed by atoms with Crippen LogP contribution in [0.2, 0.25) is 5.02 Å². The van der Waals surface area contributed by atoms with Crippen LogP contribution in [0.5, 0.6) is 0 Å². The maximum Gasteiger partial charge on any atom is 0.338 e. The largest absolute Gasteiger partial charge is 0.460 e. The maximum atomic E-state index is 11.7. The highest BCUT2D eigenvalue weighted by atomic mass is 35.5. The molecule has 0 saturated carbocycles. The van der Waals surface area contributed by atoms with Crippen LogP contribution in [0, 0.1) is 11.8 Å². The summed E-state index contributed by atoms with van der Waals surface area (Å²) in [6.07, 6.45) is 0. The summed E-state index contributed by atoms with van der Waals surface area (Å²) in [6, 6.07) is 14.3. The fraction of sp³-hybridized carbons (Fsp3) is 0.167. The van der Waals surface area contributed by atoms with Gasteiger partial charge in [-0.05, 0) is 48.5 Å². The van der Waals surface area contributed by atoms with E-state index in [2.05, 4.69) is 11.8 Å². The number of halogens is 1. The van der Waals surface area contributed by atoms with Gasteiger partial charge in [-0.2, -0.15) is 0 Å². The molecule has 0 N–H and O–H groups in total. The lowest BCUT2D eigenvalue weighted by Crippen LogP contribution is -2.09. The third-order valence-corrected chi connectivity index (χ3v) is 3.09. The van der Waals surface area contributed by atoms with Crippen molar-refractivity contribution in [1.29, 1.82) is 0 Å². The van der Waals surface area contributed by atoms with Crippen LogP contribution in [0.1, 0.15) is 21.5 Å². The van der Waals surface area contributed by atoms with E-state index >= 15 is 0 Å². The van der Waals surface area contributed by atoms with Gasteiger partial charge >= 0.3 is 5.97 Å². The lowest BCUT2D eigenvalue weighted by molar-refractivity contribution is 0.0388. The van der Waals surface area contributed by atoms with Gasteiger partial charge in [0, 0.05) is 23.3 Å². The van der Waals surface area contributed by atoms with Crippen molar-refractivity contribution in [3.05, 3.63) is 70.2 Å². The summed E-state index contributed by atoms with van der Waals surface area (Å²) in [5, 5.41) is 0.682. The second-order valence-electron chi connectivity index (χ2n) is 4.46. The number of hydrogen-bond donors (Lipinski definition) is 0. The van der Waals surface area contributed by atoms with Crippen LogP contribution < -0.4 is 0 Å². The van der Waals surface area contributed by atoms with Gasteiger partial charge in [-0.25, -0.2) is 4.79 Å². The Kier molecular flexibility index (Phi) is 6.02. The first-order valence-electron chi connectivity index (χ1n) is 6.73. The fourth-order valence-corrected chi connectivity index (χ4v) is 1.79. The zero-order chi connectivity index (χ0) is 15.8. The van der Waals surface area contributed by atoms with Crippen LogP contribution in [0.25, 0.3) is 0 Å². The van der Waals surface area contributed by atoms with E-state index in [-0.39, 0.29) is 12.6 Å². The zero-order valence-electron chi connectivity index (χ0n) is 12.1. The molecule has 0 atom stereocenters. The zero-order valence-corrected chi connectivity index (χ0v) is 12.9. The molecule has 0 aromatic heterocycles. The Hall–Kier alpha value is -2.28. The minimum absolute atomic E-state index is 0.244. The van der Waals surface area contributed by atoms with Crippen molar-refractivity contribution in [2.45, 2.75) is 0 Å². The lowest BCUT2D eigenvalue weighted by atomic mass is 10.1. The Morgan fingerprint density at radius 2 is 1.50 bits per heavy atom. The summed E-state index contributed by atoms with van der Waals surface area (Å²) in [5.41, 5.74) is 2.20. The van der Waals surface area contributed by atoms with E-state index in [1.807, 2.05) is 12.1 Å². The molecule has 0 aliphatic carbocycles. The summed E-state index contributed by atoms with van der Waals surface area (Å²) >= 11 is 5.82. The molecule has 0 aliphatic rings. The van der Waals surface area contributed by atoms with Crippen molar-refractivity contribution in [2.24, 2.45) is 0 Å². The fourth-order valence-electron chi connectivity index (χ4n) is 1.67. The lowest BCUT2D eigenvalue weighted by Gasteiger charge is -2.03. The molecule has 0 spiro atoms. The van der Waals surface area contributed by atoms with Gasteiger partial charge in [-0.1, -0.05) is 23.4 Å². The third-order valence-electron chi connectivity index (χ3n) is 2.84.